The lowest BCUT2D eigenvalue weighted by Gasteiger charge is -2.57. The van der Waals surface area contributed by atoms with E-state index in [-0.39, 0.29) is 28.9 Å². The highest BCUT2D eigenvalue weighted by Crippen LogP contribution is 2.66. The minimum absolute atomic E-state index is 0.0598. The van der Waals surface area contributed by atoms with Crippen molar-refractivity contribution >= 4 is 11.9 Å². The molecular formula is C25H36O4. The molecule has 4 nitrogen and oxygen atoms in total. The molecule has 0 N–H and O–H groups in total. The van der Waals surface area contributed by atoms with Crippen molar-refractivity contribution in [3.63, 3.8) is 0 Å². The Morgan fingerprint density at radius 3 is 2.34 bits per heavy atom. The Kier molecular flexibility index (Phi) is 5.19. The lowest BCUT2D eigenvalue weighted by atomic mass is 9.48. The van der Waals surface area contributed by atoms with E-state index in [0.29, 0.717) is 17.8 Å². The predicted molar refractivity (Wildman–Crippen MR) is 112 cm³/mol. The van der Waals surface area contributed by atoms with Gasteiger partial charge >= 0.3 is 11.9 Å². The zero-order chi connectivity index (χ0) is 21.0. The highest BCUT2D eigenvalue weighted by atomic mass is 16.5. The van der Waals surface area contributed by atoms with Gasteiger partial charge in [-0.1, -0.05) is 25.5 Å². The summed E-state index contributed by atoms with van der Waals surface area (Å²) in [6.45, 7) is 9.88. The molecule has 0 amide bonds. The van der Waals surface area contributed by atoms with Crippen molar-refractivity contribution in [2.24, 2.45) is 28.6 Å². The third kappa shape index (κ3) is 3.37. The number of rotatable bonds is 2. The molecule has 6 atom stereocenters. The standard InChI is InChI=1S/C25H36O4/c1-15(28-16(2)26)21-8-9-22-20-7-6-18-14-19(29-17(3)27)10-12-24(18,4)23(20)11-13-25(21,22)5/h6,19-20,22-23H,7-14H2,1-5H3/b21-15+. The first-order valence-electron chi connectivity index (χ1n) is 11.4. The van der Waals surface area contributed by atoms with E-state index in [2.05, 4.69) is 19.9 Å². The van der Waals surface area contributed by atoms with Crippen molar-refractivity contribution in [2.75, 3.05) is 0 Å². The van der Waals surface area contributed by atoms with Crippen LogP contribution < -0.4 is 0 Å². The molecule has 3 fully saturated rings. The maximum Gasteiger partial charge on any atom is 0.307 e. The fourth-order valence-electron chi connectivity index (χ4n) is 7.63. The van der Waals surface area contributed by atoms with Crippen molar-refractivity contribution in [3.05, 3.63) is 23.0 Å². The minimum Gasteiger partial charge on any atom is -0.462 e. The van der Waals surface area contributed by atoms with Gasteiger partial charge in [0.25, 0.3) is 0 Å². The Balaban J connectivity index is 1.59. The zero-order valence-electron chi connectivity index (χ0n) is 18.7. The zero-order valence-corrected chi connectivity index (χ0v) is 18.7. The van der Waals surface area contributed by atoms with E-state index < -0.39 is 0 Å². The fourth-order valence-corrected chi connectivity index (χ4v) is 7.63. The largest absolute Gasteiger partial charge is 0.462 e. The van der Waals surface area contributed by atoms with Crippen LogP contribution in [0.5, 0.6) is 0 Å². The summed E-state index contributed by atoms with van der Waals surface area (Å²) in [5.41, 5.74) is 3.33. The van der Waals surface area contributed by atoms with Crippen LogP contribution in [0.1, 0.15) is 86.0 Å². The van der Waals surface area contributed by atoms with Crippen LogP contribution in [0, 0.1) is 28.6 Å². The average Bonchev–Trinajstić information content (AvgIpc) is 2.98. The number of esters is 2. The number of hydrogen-bond donors (Lipinski definition) is 0. The van der Waals surface area contributed by atoms with Gasteiger partial charge in [-0.05, 0) is 86.0 Å². The molecule has 0 radical (unpaired) electrons. The lowest BCUT2D eigenvalue weighted by Crippen LogP contribution is -2.49. The highest BCUT2D eigenvalue weighted by molar-refractivity contribution is 5.67. The van der Waals surface area contributed by atoms with E-state index in [1.54, 1.807) is 0 Å². The third-order valence-corrected chi connectivity index (χ3v) is 8.90. The quantitative estimate of drug-likeness (QED) is 0.338. The average molecular weight is 401 g/mol. The van der Waals surface area contributed by atoms with Crippen molar-refractivity contribution in [1.82, 2.24) is 0 Å². The summed E-state index contributed by atoms with van der Waals surface area (Å²) < 4.78 is 11.1. The van der Waals surface area contributed by atoms with E-state index in [4.69, 9.17) is 9.47 Å². The number of ether oxygens (including phenoxy) is 2. The first-order valence-corrected chi connectivity index (χ1v) is 11.4. The van der Waals surface area contributed by atoms with Crippen LogP contribution in [-0.2, 0) is 19.1 Å². The Morgan fingerprint density at radius 2 is 1.66 bits per heavy atom. The molecule has 0 spiro atoms. The Labute approximate surface area is 175 Å². The molecule has 0 saturated heterocycles. The maximum absolute atomic E-state index is 11.5. The number of carbonyl (C=O) groups is 2. The van der Waals surface area contributed by atoms with E-state index in [1.807, 2.05) is 6.92 Å². The van der Waals surface area contributed by atoms with E-state index >= 15 is 0 Å². The number of fused-ring (bicyclic) bond motifs is 5. The second kappa shape index (κ2) is 7.28. The van der Waals surface area contributed by atoms with Crippen molar-refractivity contribution < 1.29 is 19.1 Å². The Morgan fingerprint density at radius 1 is 0.966 bits per heavy atom. The molecule has 4 aliphatic rings. The smallest absolute Gasteiger partial charge is 0.307 e. The minimum atomic E-state index is -0.210. The molecule has 0 aromatic rings. The van der Waals surface area contributed by atoms with E-state index in [0.717, 1.165) is 37.9 Å². The Bertz CT molecular complexity index is 778. The van der Waals surface area contributed by atoms with Crippen LogP contribution in [0.15, 0.2) is 23.0 Å². The van der Waals surface area contributed by atoms with Crippen LogP contribution in [0.2, 0.25) is 0 Å². The monoisotopic (exact) mass is 400 g/mol. The summed E-state index contributed by atoms with van der Waals surface area (Å²) in [5, 5.41) is 0. The van der Waals surface area contributed by atoms with Gasteiger partial charge in [-0.15, -0.1) is 0 Å². The molecule has 4 heteroatoms. The lowest BCUT2D eigenvalue weighted by molar-refractivity contribution is -0.148. The van der Waals surface area contributed by atoms with Gasteiger partial charge in [0.05, 0.1) is 0 Å². The van der Waals surface area contributed by atoms with Gasteiger partial charge in [-0.2, -0.15) is 0 Å². The summed E-state index contributed by atoms with van der Waals surface area (Å²) in [7, 11) is 0. The second-order valence-electron chi connectivity index (χ2n) is 10.4. The summed E-state index contributed by atoms with van der Waals surface area (Å²) in [6.07, 6.45) is 11.4. The highest BCUT2D eigenvalue weighted by Gasteiger charge is 2.57. The summed E-state index contributed by atoms with van der Waals surface area (Å²) in [5.74, 6) is 2.57. The molecule has 29 heavy (non-hydrogen) atoms. The molecule has 4 aliphatic carbocycles. The summed E-state index contributed by atoms with van der Waals surface area (Å²) in [4.78, 5) is 22.9. The van der Waals surface area contributed by atoms with Crippen LogP contribution in [0.3, 0.4) is 0 Å². The second-order valence-corrected chi connectivity index (χ2v) is 10.4. The summed E-state index contributed by atoms with van der Waals surface area (Å²) in [6, 6.07) is 0. The normalized spacial score (nSPS) is 42.7. The van der Waals surface area contributed by atoms with Crippen molar-refractivity contribution in [2.45, 2.75) is 92.1 Å². The number of carbonyl (C=O) groups excluding carboxylic acids is 2. The van der Waals surface area contributed by atoms with Crippen LogP contribution >= 0.6 is 0 Å². The molecule has 0 aromatic carbocycles. The SMILES string of the molecule is CC(=O)O/C(C)=C1\CCC2C3CC=C4CC(OC(C)=O)CCC4(C)C3CCC12C. The molecule has 0 aliphatic heterocycles. The molecule has 0 bridgehead atoms. The molecule has 0 heterocycles. The van der Waals surface area contributed by atoms with Crippen molar-refractivity contribution in [3.8, 4) is 0 Å². The predicted octanol–water partition coefficient (Wildman–Crippen LogP) is 5.72. The van der Waals surface area contributed by atoms with Crippen molar-refractivity contribution in [1.29, 1.82) is 0 Å². The van der Waals surface area contributed by atoms with Gasteiger partial charge in [-0.3, -0.25) is 9.59 Å². The molecule has 3 saturated carbocycles. The first-order chi connectivity index (χ1) is 13.6. The van der Waals surface area contributed by atoms with Crippen LogP contribution in [-0.4, -0.2) is 18.0 Å². The van der Waals surface area contributed by atoms with Gasteiger partial charge in [0, 0.05) is 20.3 Å². The molecule has 4 rings (SSSR count). The third-order valence-electron chi connectivity index (χ3n) is 8.90. The number of allylic oxidation sites excluding steroid dienone is 3. The van der Waals surface area contributed by atoms with E-state index in [9.17, 15) is 9.59 Å². The Hall–Kier alpha value is -1.58. The number of hydrogen-bond acceptors (Lipinski definition) is 4. The summed E-state index contributed by atoms with van der Waals surface area (Å²) >= 11 is 0. The molecule has 0 aromatic heterocycles. The van der Waals surface area contributed by atoms with Gasteiger partial charge in [-0.25, -0.2) is 0 Å². The van der Waals surface area contributed by atoms with Gasteiger partial charge in [0.1, 0.15) is 11.9 Å². The van der Waals surface area contributed by atoms with Gasteiger partial charge in [0.2, 0.25) is 0 Å². The van der Waals surface area contributed by atoms with E-state index in [1.165, 1.54) is 44.3 Å². The maximum atomic E-state index is 11.5. The fraction of sp³-hybridized carbons (Fsp3) is 0.760. The van der Waals surface area contributed by atoms with Crippen LogP contribution in [0.25, 0.3) is 0 Å². The molecular weight excluding hydrogens is 364 g/mol. The topological polar surface area (TPSA) is 52.6 Å². The van der Waals surface area contributed by atoms with Gasteiger partial charge in [0.15, 0.2) is 0 Å². The molecule has 6 unspecified atom stereocenters. The first kappa shape index (κ1) is 20.7. The van der Waals surface area contributed by atoms with Crippen LogP contribution in [0.4, 0.5) is 0 Å². The van der Waals surface area contributed by atoms with Gasteiger partial charge < -0.3 is 9.47 Å². The molecule has 160 valence electrons.